The van der Waals surface area contributed by atoms with Crippen LogP contribution in [0, 0.1) is 13.8 Å². The molecule has 1 saturated heterocycles. The lowest BCUT2D eigenvalue weighted by atomic mass is 9.89. The normalized spacial score (nSPS) is 20.8. The Balaban J connectivity index is 2.27. The van der Waals surface area contributed by atoms with E-state index in [4.69, 9.17) is 0 Å². The first kappa shape index (κ1) is 10.9. The number of benzene rings is 1. The van der Waals surface area contributed by atoms with E-state index in [-0.39, 0.29) is 17.7 Å². The molecule has 16 heavy (non-hydrogen) atoms. The van der Waals surface area contributed by atoms with Crippen molar-refractivity contribution in [2.45, 2.75) is 32.6 Å². The van der Waals surface area contributed by atoms with Crippen molar-refractivity contribution in [2.24, 2.45) is 0 Å². The molecule has 1 aliphatic heterocycles. The quantitative estimate of drug-likeness (QED) is 0.729. The Bertz CT molecular complexity index is 451. The molecule has 84 valence electrons. The highest BCUT2D eigenvalue weighted by Crippen LogP contribution is 2.26. The average Bonchev–Trinajstić information content (AvgIpc) is 2.22. The minimum absolute atomic E-state index is 0.162. The van der Waals surface area contributed by atoms with Crippen LogP contribution in [0.5, 0.6) is 0 Å². The van der Waals surface area contributed by atoms with Gasteiger partial charge in [0.1, 0.15) is 0 Å². The monoisotopic (exact) mass is 217 g/mol. The molecule has 1 heterocycles. The molecule has 0 aromatic heterocycles. The number of carbonyl (C=O) groups is 2. The van der Waals surface area contributed by atoms with Crippen LogP contribution in [0.4, 0.5) is 0 Å². The van der Waals surface area contributed by atoms with Gasteiger partial charge in [0.15, 0.2) is 0 Å². The topological polar surface area (TPSA) is 46.2 Å². The number of aryl methyl sites for hydroxylation is 2. The maximum absolute atomic E-state index is 11.7. The highest BCUT2D eigenvalue weighted by Gasteiger charge is 2.27. The second-order valence-corrected chi connectivity index (χ2v) is 4.35. The number of amides is 2. The molecule has 1 atom stereocenters. The van der Waals surface area contributed by atoms with E-state index in [1.54, 1.807) is 0 Å². The maximum Gasteiger partial charge on any atom is 0.234 e. The fourth-order valence-electron chi connectivity index (χ4n) is 1.99. The maximum atomic E-state index is 11.7. The Hall–Kier alpha value is -1.64. The fourth-order valence-corrected chi connectivity index (χ4v) is 1.99. The molecule has 0 aliphatic carbocycles. The van der Waals surface area contributed by atoms with E-state index in [0.717, 1.165) is 5.56 Å². The smallest absolute Gasteiger partial charge is 0.234 e. The van der Waals surface area contributed by atoms with E-state index >= 15 is 0 Å². The first-order valence-electron chi connectivity index (χ1n) is 5.49. The van der Waals surface area contributed by atoms with Crippen molar-refractivity contribution in [1.82, 2.24) is 5.32 Å². The summed E-state index contributed by atoms with van der Waals surface area (Å²) >= 11 is 0. The van der Waals surface area contributed by atoms with Gasteiger partial charge in [0, 0.05) is 6.42 Å². The van der Waals surface area contributed by atoms with Crippen molar-refractivity contribution in [3.63, 3.8) is 0 Å². The Morgan fingerprint density at radius 3 is 2.56 bits per heavy atom. The Kier molecular flexibility index (Phi) is 2.77. The van der Waals surface area contributed by atoms with E-state index < -0.39 is 0 Å². The van der Waals surface area contributed by atoms with Crippen molar-refractivity contribution in [3.05, 3.63) is 34.9 Å². The molecular weight excluding hydrogens is 202 g/mol. The molecule has 0 saturated carbocycles. The van der Waals surface area contributed by atoms with Gasteiger partial charge in [-0.05, 0) is 37.0 Å². The van der Waals surface area contributed by atoms with Gasteiger partial charge in [-0.1, -0.05) is 18.2 Å². The summed E-state index contributed by atoms with van der Waals surface area (Å²) in [5, 5.41) is 2.38. The van der Waals surface area contributed by atoms with E-state index in [1.165, 1.54) is 11.1 Å². The number of piperidine rings is 1. The number of imide groups is 1. The number of hydrogen-bond acceptors (Lipinski definition) is 2. The van der Waals surface area contributed by atoms with Gasteiger partial charge in [-0.25, -0.2) is 0 Å². The molecule has 0 spiro atoms. The van der Waals surface area contributed by atoms with Gasteiger partial charge in [0.05, 0.1) is 5.92 Å². The fraction of sp³-hybridized carbons (Fsp3) is 0.385. The summed E-state index contributed by atoms with van der Waals surface area (Å²) in [5.41, 5.74) is 3.41. The molecule has 1 N–H and O–H groups in total. The molecule has 3 nitrogen and oxygen atoms in total. The lowest BCUT2D eigenvalue weighted by molar-refractivity contribution is -0.134. The van der Waals surface area contributed by atoms with Crippen LogP contribution in [0.2, 0.25) is 0 Å². The molecular formula is C13H15NO2. The molecule has 3 heteroatoms. The molecule has 1 aliphatic rings. The Morgan fingerprint density at radius 2 is 1.94 bits per heavy atom. The zero-order valence-corrected chi connectivity index (χ0v) is 9.54. The second-order valence-electron chi connectivity index (χ2n) is 4.35. The van der Waals surface area contributed by atoms with Gasteiger partial charge >= 0.3 is 0 Å². The van der Waals surface area contributed by atoms with Crippen LogP contribution in [0.25, 0.3) is 0 Å². The number of nitrogens with one attached hydrogen (secondary N) is 1. The summed E-state index contributed by atoms with van der Waals surface area (Å²) in [5.74, 6) is -0.499. The zero-order chi connectivity index (χ0) is 11.7. The highest BCUT2D eigenvalue weighted by atomic mass is 16.2. The minimum atomic E-state index is -0.169. The Morgan fingerprint density at radius 1 is 1.19 bits per heavy atom. The van der Waals surface area contributed by atoms with Crippen molar-refractivity contribution in [1.29, 1.82) is 0 Å². The predicted octanol–water partition coefficient (Wildman–Crippen LogP) is 1.82. The average molecular weight is 217 g/mol. The lowest BCUT2D eigenvalue weighted by Crippen LogP contribution is -2.39. The van der Waals surface area contributed by atoms with Gasteiger partial charge in [0.2, 0.25) is 11.8 Å². The largest absolute Gasteiger partial charge is 0.296 e. The standard InChI is InChI=1S/C13H15NO2/c1-8-3-4-10(7-9(8)2)11-5-6-12(15)14-13(11)16/h3-4,7,11H,5-6H2,1-2H3,(H,14,15,16). The van der Waals surface area contributed by atoms with Crippen molar-refractivity contribution >= 4 is 11.8 Å². The van der Waals surface area contributed by atoms with Crippen LogP contribution >= 0.6 is 0 Å². The van der Waals surface area contributed by atoms with Gasteiger partial charge in [-0.2, -0.15) is 0 Å². The van der Waals surface area contributed by atoms with Crippen LogP contribution in [-0.4, -0.2) is 11.8 Å². The van der Waals surface area contributed by atoms with Crippen molar-refractivity contribution in [3.8, 4) is 0 Å². The molecule has 0 bridgehead atoms. The zero-order valence-electron chi connectivity index (χ0n) is 9.54. The van der Waals surface area contributed by atoms with Gasteiger partial charge in [-0.15, -0.1) is 0 Å². The van der Waals surface area contributed by atoms with Crippen LogP contribution in [0.3, 0.4) is 0 Å². The molecule has 1 fully saturated rings. The first-order valence-corrected chi connectivity index (χ1v) is 5.49. The van der Waals surface area contributed by atoms with E-state index in [1.807, 2.05) is 32.0 Å². The summed E-state index contributed by atoms with van der Waals surface area (Å²) < 4.78 is 0. The van der Waals surface area contributed by atoms with Gasteiger partial charge < -0.3 is 0 Å². The minimum Gasteiger partial charge on any atom is -0.296 e. The summed E-state index contributed by atoms with van der Waals surface area (Å²) in [4.78, 5) is 22.7. The third-order valence-electron chi connectivity index (χ3n) is 3.17. The third-order valence-corrected chi connectivity index (χ3v) is 3.17. The first-order chi connectivity index (χ1) is 7.58. The number of hydrogen-bond donors (Lipinski definition) is 1. The number of carbonyl (C=O) groups excluding carboxylic acids is 2. The number of rotatable bonds is 1. The molecule has 1 aromatic carbocycles. The Labute approximate surface area is 94.9 Å². The van der Waals surface area contributed by atoms with Crippen LogP contribution in [-0.2, 0) is 9.59 Å². The van der Waals surface area contributed by atoms with Crippen LogP contribution < -0.4 is 5.32 Å². The van der Waals surface area contributed by atoms with Crippen LogP contribution in [0.1, 0.15) is 35.4 Å². The van der Waals surface area contributed by atoms with E-state index in [9.17, 15) is 9.59 Å². The molecule has 1 aromatic rings. The van der Waals surface area contributed by atoms with Crippen molar-refractivity contribution in [2.75, 3.05) is 0 Å². The summed E-state index contributed by atoms with van der Waals surface area (Å²) in [6.07, 6.45) is 1.05. The molecule has 0 radical (unpaired) electrons. The SMILES string of the molecule is Cc1ccc(C2CCC(=O)NC2=O)cc1C. The van der Waals surface area contributed by atoms with E-state index in [0.29, 0.717) is 12.8 Å². The molecule has 1 unspecified atom stereocenters. The lowest BCUT2D eigenvalue weighted by Gasteiger charge is -2.21. The second kappa shape index (κ2) is 4.08. The highest BCUT2D eigenvalue weighted by molar-refractivity contribution is 6.00. The summed E-state index contributed by atoms with van der Waals surface area (Å²) in [6, 6.07) is 6.03. The molecule has 2 amide bonds. The van der Waals surface area contributed by atoms with E-state index in [2.05, 4.69) is 5.32 Å². The van der Waals surface area contributed by atoms with Crippen LogP contribution in [0.15, 0.2) is 18.2 Å². The van der Waals surface area contributed by atoms with Gasteiger partial charge in [0.25, 0.3) is 0 Å². The van der Waals surface area contributed by atoms with Gasteiger partial charge in [-0.3, -0.25) is 14.9 Å². The summed E-state index contributed by atoms with van der Waals surface area (Å²) in [6.45, 7) is 4.08. The summed E-state index contributed by atoms with van der Waals surface area (Å²) in [7, 11) is 0. The third kappa shape index (κ3) is 1.98. The predicted molar refractivity (Wildman–Crippen MR) is 61.0 cm³/mol. The van der Waals surface area contributed by atoms with Crippen molar-refractivity contribution < 1.29 is 9.59 Å². The molecule has 2 rings (SSSR count).